The van der Waals surface area contributed by atoms with Crippen molar-refractivity contribution in [2.75, 3.05) is 26.3 Å². The van der Waals surface area contributed by atoms with Gasteiger partial charge in [0, 0.05) is 18.7 Å². The monoisotopic (exact) mass is 267 g/mol. The largest absolute Gasteiger partial charge is 0.490 e. The van der Waals surface area contributed by atoms with Crippen LogP contribution in [0.25, 0.3) is 6.08 Å². The maximum absolute atomic E-state index is 5.87. The Labute approximate surface area is 114 Å². The number of allylic oxidation sites excluding steroid dienone is 1. The van der Waals surface area contributed by atoms with E-state index in [1.54, 1.807) is 0 Å². The van der Waals surface area contributed by atoms with Gasteiger partial charge in [-0.1, -0.05) is 24.3 Å². The predicted molar refractivity (Wildman–Crippen MR) is 74.5 cm³/mol. The van der Waals surface area contributed by atoms with Gasteiger partial charge >= 0.3 is 0 Å². The maximum Gasteiger partial charge on any atom is 0.126 e. The standard InChI is InChI=1S/C14H17NO2.ClH/c1-3-11-4-2-6-14(13(11)5-1)17-10-12-9-15-7-8-16-12;/h1-2,4-6,12,15H,3,7-10H2;1H. The Kier molecular flexibility index (Phi) is 4.64. The topological polar surface area (TPSA) is 30.5 Å². The molecule has 1 aromatic carbocycles. The fourth-order valence-corrected chi connectivity index (χ4v) is 2.30. The second kappa shape index (κ2) is 6.23. The van der Waals surface area contributed by atoms with E-state index in [2.05, 4.69) is 29.6 Å². The van der Waals surface area contributed by atoms with Gasteiger partial charge in [-0.25, -0.2) is 0 Å². The van der Waals surface area contributed by atoms with Crippen molar-refractivity contribution < 1.29 is 9.47 Å². The van der Waals surface area contributed by atoms with E-state index in [1.165, 1.54) is 11.1 Å². The molecule has 0 saturated carbocycles. The van der Waals surface area contributed by atoms with E-state index < -0.39 is 0 Å². The van der Waals surface area contributed by atoms with E-state index >= 15 is 0 Å². The van der Waals surface area contributed by atoms with Crippen LogP contribution in [-0.4, -0.2) is 32.4 Å². The van der Waals surface area contributed by atoms with Gasteiger partial charge in [-0.05, 0) is 18.1 Å². The number of morpholine rings is 1. The summed E-state index contributed by atoms with van der Waals surface area (Å²) in [5.41, 5.74) is 2.58. The van der Waals surface area contributed by atoms with Crippen LogP contribution < -0.4 is 10.1 Å². The van der Waals surface area contributed by atoms with Crippen molar-refractivity contribution >= 4 is 18.5 Å². The lowest BCUT2D eigenvalue weighted by molar-refractivity contribution is 0.000150. The lowest BCUT2D eigenvalue weighted by atomic mass is 10.1. The number of halogens is 1. The van der Waals surface area contributed by atoms with Crippen LogP contribution in [0.15, 0.2) is 24.3 Å². The average molecular weight is 268 g/mol. The first-order valence-corrected chi connectivity index (χ1v) is 6.17. The number of hydrogen-bond acceptors (Lipinski definition) is 3. The van der Waals surface area contributed by atoms with Gasteiger partial charge in [-0.3, -0.25) is 0 Å². The zero-order valence-corrected chi connectivity index (χ0v) is 11.0. The van der Waals surface area contributed by atoms with Gasteiger partial charge in [-0.2, -0.15) is 0 Å². The molecular weight excluding hydrogens is 250 g/mol. The van der Waals surface area contributed by atoms with Crippen molar-refractivity contribution in [1.82, 2.24) is 5.32 Å². The van der Waals surface area contributed by atoms with E-state index in [0.717, 1.165) is 31.9 Å². The molecule has 0 spiro atoms. The molecule has 0 bridgehead atoms. The molecule has 4 heteroatoms. The lowest BCUT2D eigenvalue weighted by Crippen LogP contribution is -2.41. The number of nitrogens with one attached hydrogen (secondary N) is 1. The van der Waals surface area contributed by atoms with E-state index in [-0.39, 0.29) is 18.5 Å². The summed E-state index contributed by atoms with van der Waals surface area (Å²) < 4.78 is 11.5. The Balaban J connectivity index is 0.00000120. The Hall–Kier alpha value is -1.03. The minimum atomic E-state index is 0. The van der Waals surface area contributed by atoms with Crippen LogP contribution in [0.3, 0.4) is 0 Å². The van der Waals surface area contributed by atoms with Gasteiger partial charge in [0.1, 0.15) is 18.5 Å². The van der Waals surface area contributed by atoms with Crippen molar-refractivity contribution in [3.05, 3.63) is 35.4 Å². The van der Waals surface area contributed by atoms with Gasteiger partial charge in [-0.15, -0.1) is 12.4 Å². The van der Waals surface area contributed by atoms with Crippen LogP contribution in [0.1, 0.15) is 11.1 Å². The zero-order chi connectivity index (χ0) is 11.5. The molecule has 3 nitrogen and oxygen atoms in total. The van der Waals surface area contributed by atoms with Gasteiger partial charge in [0.25, 0.3) is 0 Å². The molecule has 0 amide bonds. The fourth-order valence-electron chi connectivity index (χ4n) is 2.30. The van der Waals surface area contributed by atoms with Crippen molar-refractivity contribution in [3.8, 4) is 5.75 Å². The molecule has 1 heterocycles. The Morgan fingerprint density at radius 2 is 2.33 bits per heavy atom. The molecule has 0 aromatic heterocycles. The summed E-state index contributed by atoms with van der Waals surface area (Å²) in [4.78, 5) is 0. The summed E-state index contributed by atoms with van der Waals surface area (Å²) in [7, 11) is 0. The highest BCUT2D eigenvalue weighted by Gasteiger charge is 2.16. The number of ether oxygens (including phenoxy) is 2. The predicted octanol–water partition coefficient (Wildman–Crippen LogP) is 2.04. The number of hydrogen-bond donors (Lipinski definition) is 1. The van der Waals surface area contributed by atoms with Crippen LogP contribution >= 0.6 is 12.4 Å². The Morgan fingerprint density at radius 3 is 3.17 bits per heavy atom. The molecule has 1 aliphatic carbocycles. The van der Waals surface area contributed by atoms with Crippen LogP contribution in [0, 0.1) is 0 Å². The molecule has 98 valence electrons. The minimum absolute atomic E-state index is 0. The van der Waals surface area contributed by atoms with Crippen LogP contribution in [0.2, 0.25) is 0 Å². The second-order valence-electron chi connectivity index (χ2n) is 4.44. The SMILES string of the molecule is C1=Cc2c(cccc2OCC2CNCCO2)C1.Cl. The third kappa shape index (κ3) is 2.86. The quantitative estimate of drug-likeness (QED) is 0.909. The fraction of sp³-hybridized carbons (Fsp3) is 0.429. The van der Waals surface area contributed by atoms with Crippen molar-refractivity contribution in [2.45, 2.75) is 12.5 Å². The van der Waals surface area contributed by atoms with E-state index in [1.807, 2.05) is 6.07 Å². The summed E-state index contributed by atoms with van der Waals surface area (Å²) in [6.07, 6.45) is 5.51. The van der Waals surface area contributed by atoms with E-state index in [4.69, 9.17) is 9.47 Å². The van der Waals surface area contributed by atoms with Crippen molar-refractivity contribution in [2.24, 2.45) is 0 Å². The van der Waals surface area contributed by atoms with Gasteiger partial charge < -0.3 is 14.8 Å². The normalized spacial score (nSPS) is 21.2. The third-order valence-electron chi connectivity index (χ3n) is 3.21. The number of benzene rings is 1. The van der Waals surface area contributed by atoms with Gasteiger partial charge in [0.2, 0.25) is 0 Å². The number of rotatable bonds is 3. The maximum atomic E-state index is 5.87. The van der Waals surface area contributed by atoms with E-state index in [9.17, 15) is 0 Å². The molecular formula is C14H18ClNO2. The van der Waals surface area contributed by atoms with Crippen LogP contribution in [0.5, 0.6) is 5.75 Å². The molecule has 0 radical (unpaired) electrons. The molecule has 1 aliphatic heterocycles. The summed E-state index contributed by atoms with van der Waals surface area (Å²) in [6.45, 7) is 3.23. The highest BCUT2D eigenvalue weighted by molar-refractivity contribution is 5.85. The second-order valence-corrected chi connectivity index (χ2v) is 4.44. The minimum Gasteiger partial charge on any atom is -0.490 e. The molecule has 1 unspecified atom stereocenters. The highest BCUT2D eigenvalue weighted by Crippen LogP contribution is 2.29. The van der Waals surface area contributed by atoms with Crippen LogP contribution in [0.4, 0.5) is 0 Å². The number of fused-ring (bicyclic) bond motifs is 1. The molecule has 2 aliphatic rings. The smallest absolute Gasteiger partial charge is 0.126 e. The first kappa shape index (κ1) is 13.4. The molecule has 1 saturated heterocycles. The van der Waals surface area contributed by atoms with Crippen molar-refractivity contribution in [3.63, 3.8) is 0 Å². The molecule has 3 rings (SSSR count). The van der Waals surface area contributed by atoms with Gasteiger partial charge in [0.05, 0.1) is 6.61 Å². The average Bonchev–Trinajstić information content (AvgIpc) is 2.86. The summed E-state index contributed by atoms with van der Waals surface area (Å²) >= 11 is 0. The molecule has 1 N–H and O–H groups in total. The molecule has 1 atom stereocenters. The van der Waals surface area contributed by atoms with Crippen LogP contribution in [-0.2, 0) is 11.2 Å². The molecule has 1 fully saturated rings. The Morgan fingerprint density at radius 1 is 1.39 bits per heavy atom. The Bertz CT molecular complexity index is 428. The summed E-state index contributed by atoms with van der Waals surface area (Å²) in [6, 6.07) is 6.24. The van der Waals surface area contributed by atoms with Crippen molar-refractivity contribution in [1.29, 1.82) is 0 Å². The molecule has 1 aromatic rings. The first-order chi connectivity index (χ1) is 8.43. The lowest BCUT2D eigenvalue weighted by Gasteiger charge is -2.24. The molecule has 18 heavy (non-hydrogen) atoms. The zero-order valence-electron chi connectivity index (χ0n) is 10.2. The summed E-state index contributed by atoms with van der Waals surface area (Å²) in [5, 5.41) is 3.30. The third-order valence-corrected chi connectivity index (χ3v) is 3.21. The summed E-state index contributed by atoms with van der Waals surface area (Å²) in [5.74, 6) is 0.977. The first-order valence-electron chi connectivity index (χ1n) is 6.17. The van der Waals surface area contributed by atoms with E-state index in [0.29, 0.717) is 6.61 Å². The van der Waals surface area contributed by atoms with Gasteiger partial charge in [0.15, 0.2) is 0 Å². The highest BCUT2D eigenvalue weighted by atomic mass is 35.5.